The van der Waals surface area contributed by atoms with Crippen LogP contribution < -0.4 is 24.5 Å². The first-order valence-corrected chi connectivity index (χ1v) is 10.2. The first-order chi connectivity index (χ1) is 15.5. The first kappa shape index (κ1) is 22.9. The van der Waals surface area contributed by atoms with Crippen LogP contribution in [-0.2, 0) is 20.9 Å². The molecule has 0 saturated heterocycles. The van der Waals surface area contributed by atoms with Crippen LogP contribution in [0.5, 0.6) is 17.2 Å². The zero-order valence-corrected chi connectivity index (χ0v) is 18.6. The average molecular weight is 441 g/mol. The standard InChI is InChI=1S/C23H27N3O6/c1-5-32-23(28)18-13-19(26(25-18)15-9-7-6-8-10-15)22(27)24-14-17-20(30-3)11-16(29-2)12-21(17)31-4/h6-12,19H,5,13-14H2,1-4H3,(H,24,27). The minimum atomic E-state index is -0.702. The normalized spacial score (nSPS) is 15.1. The number of carbonyl (C=O) groups is 2. The summed E-state index contributed by atoms with van der Waals surface area (Å²) in [6.07, 6.45) is 0.135. The fourth-order valence-electron chi connectivity index (χ4n) is 3.42. The molecule has 1 atom stereocenters. The molecule has 1 N–H and O–H groups in total. The third-order valence-electron chi connectivity index (χ3n) is 5.00. The Morgan fingerprint density at radius 2 is 1.72 bits per heavy atom. The van der Waals surface area contributed by atoms with Gasteiger partial charge in [-0.2, -0.15) is 5.10 Å². The lowest BCUT2D eigenvalue weighted by Gasteiger charge is -2.23. The second-order valence-corrected chi connectivity index (χ2v) is 6.90. The SMILES string of the molecule is CCOC(=O)C1=NN(c2ccccc2)C(C(=O)NCc2c(OC)cc(OC)cc2OC)C1. The summed E-state index contributed by atoms with van der Waals surface area (Å²) in [5.41, 5.74) is 1.57. The van der Waals surface area contributed by atoms with Gasteiger partial charge in [-0.3, -0.25) is 9.80 Å². The van der Waals surface area contributed by atoms with Gasteiger partial charge in [0.25, 0.3) is 0 Å². The molecule has 0 bridgehead atoms. The number of hydrazone groups is 1. The Morgan fingerprint density at radius 3 is 2.28 bits per heavy atom. The number of carbonyl (C=O) groups excluding carboxylic acids is 2. The van der Waals surface area contributed by atoms with Crippen molar-refractivity contribution in [3.05, 3.63) is 48.0 Å². The molecule has 1 aliphatic rings. The summed E-state index contributed by atoms with van der Waals surface area (Å²) < 4.78 is 21.2. The molecular weight excluding hydrogens is 414 g/mol. The summed E-state index contributed by atoms with van der Waals surface area (Å²) in [6, 6.07) is 11.9. The number of rotatable bonds is 9. The average Bonchev–Trinajstić information content (AvgIpc) is 3.28. The van der Waals surface area contributed by atoms with Gasteiger partial charge in [0.2, 0.25) is 5.91 Å². The van der Waals surface area contributed by atoms with Crippen molar-refractivity contribution in [2.75, 3.05) is 32.9 Å². The smallest absolute Gasteiger partial charge is 0.354 e. The molecule has 3 rings (SSSR count). The summed E-state index contributed by atoms with van der Waals surface area (Å²) in [6.45, 7) is 2.11. The van der Waals surface area contributed by atoms with Crippen molar-refractivity contribution in [2.45, 2.75) is 25.9 Å². The summed E-state index contributed by atoms with van der Waals surface area (Å²) in [5, 5.41) is 8.83. The Kier molecular flexibility index (Phi) is 7.54. The van der Waals surface area contributed by atoms with Crippen molar-refractivity contribution >= 4 is 23.3 Å². The zero-order valence-electron chi connectivity index (χ0n) is 18.6. The van der Waals surface area contributed by atoms with E-state index >= 15 is 0 Å². The number of hydrogen-bond acceptors (Lipinski definition) is 8. The Bertz CT molecular complexity index is 967. The van der Waals surface area contributed by atoms with Crippen LogP contribution in [0.4, 0.5) is 5.69 Å². The molecule has 32 heavy (non-hydrogen) atoms. The molecule has 170 valence electrons. The second kappa shape index (κ2) is 10.5. The van der Waals surface area contributed by atoms with Crippen molar-refractivity contribution in [1.82, 2.24) is 5.32 Å². The number of methoxy groups -OCH3 is 3. The van der Waals surface area contributed by atoms with Crippen LogP contribution in [0.1, 0.15) is 18.9 Å². The van der Waals surface area contributed by atoms with E-state index in [9.17, 15) is 9.59 Å². The molecule has 1 heterocycles. The number of ether oxygens (including phenoxy) is 4. The summed E-state index contributed by atoms with van der Waals surface area (Å²) in [4.78, 5) is 25.4. The molecule has 1 aliphatic heterocycles. The van der Waals surface area contributed by atoms with Crippen LogP contribution in [0.25, 0.3) is 0 Å². The molecule has 2 aromatic carbocycles. The predicted octanol–water partition coefficient (Wildman–Crippen LogP) is 2.53. The van der Waals surface area contributed by atoms with E-state index in [0.29, 0.717) is 28.5 Å². The van der Waals surface area contributed by atoms with Crippen LogP contribution in [0, 0.1) is 0 Å². The largest absolute Gasteiger partial charge is 0.496 e. The molecule has 0 aromatic heterocycles. The van der Waals surface area contributed by atoms with Crippen molar-refractivity contribution in [3.63, 3.8) is 0 Å². The van der Waals surface area contributed by atoms with Crippen LogP contribution in [0.3, 0.4) is 0 Å². The number of esters is 1. The fraction of sp³-hybridized carbons (Fsp3) is 0.348. The molecule has 9 nitrogen and oxygen atoms in total. The van der Waals surface area contributed by atoms with Crippen LogP contribution in [0.15, 0.2) is 47.6 Å². The van der Waals surface area contributed by atoms with Gasteiger partial charge < -0.3 is 24.3 Å². The van der Waals surface area contributed by atoms with E-state index in [0.717, 1.165) is 0 Å². The van der Waals surface area contributed by atoms with Gasteiger partial charge in [-0.1, -0.05) is 18.2 Å². The van der Waals surface area contributed by atoms with Crippen LogP contribution >= 0.6 is 0 Å². The number of hydrogen-bond donors (Lipinski definition) is 1. The molecule has 0 aliphatic carbocycles. The molecule has 9 heteroatoms. The number of para-hydroxylation sites is 1. The summed E-state index contributed by atoms with van der Waals surface area (Å²) >= 11 is 0. The molecule has 0 fully saturated rings. The van der Waals surface area contributed by atoms with E-state index < -0.39 is 12.0 Å². The van der Waals surface area contributed by atoms with Gasteiger partial charge >= 0.3 is 5.97 Å². The number of nitrogens with zero attached hydrogens (tertiary/aromatic N) is 2. The zero-order chi connectivity index (χ0) is 23.1. The highest BCUT2D eigenvalue weighted by molar-refractivity contribution is 6.38. The lowest BCUT2D eigenvalue weighted by Crippen LogP contribution is -2.42. The van der Waals surface area contributed by atoms with Gasteiger partial charge in [0.15, 0.2) is 0 Å². The number of amides is 1. The van der Waals surface area contributed by atoms with Crippen molar-refractivity contribution in [3.8, 4) is 17.2 Å². The summed E-state index contributed by atoms with van der Waals surface area (Å²) in [5.74, 6) is 0.805. The maximum absolute atomic E-state index is 13.2. The maximum atomic E-state index is 13.2. The first-order valence-electron chi connectivity index (χ1n) is 10.2. The van der Waals surface area contributed by atoms with E-state index in [1.165, 1.54) is 14.2 Å². The molecule has 0 spiro atoms. The summed E-state index contributed by atoms with van der Waals surface area (Å²) in [7, 11) is 4.62. The van der Waals surface area contributed by atoms with Gasteiger partial charge in [-0.15, -0.1) is 0 Å². The minimum Gasteiger partial charge on any atom is -0.496 e. The minimum absolute atomic E-state index is 0.135. The lowest BCUT2D eigenvalue weighted by atomic mass is 10.1. The van der Waals surface area contributed by atoms with E-state index in [2.05, 4.69) is 10.4 Å². The van der Waals surface area contributed by atoms with Crippen molar-refractivity contribution in [1.29, 1.82) is 0 Å². The molecule has 1 unspecified atom stereocenters. The van der Waals surface area contributed by atoms with Gasteiger partial charge in [-0.05, 0) is 19.1 Å². The third-order valence-corrected chi connectivity index (χ3v) is 5.00. The highest BCUT2D eigenvalue weighted by Gasteiger charge is 2.36. The van der Waals surface area contributed by atoms with Gasteiger partial charge in [0.05, 0.1) is 45.7 Å². The van der Waals surface area contributed by atoms with Crippen LogP contribution in [-0.4, -0.2) is 51.6 Å². The number of nitrogens with one attached hydrogen (secondary N) is 1. The molecule has 1 amide bonds. The Balaban J connectivity index is 1.81. The Hall–Kier alpha value is -3.75. The molecule has 2 aromatic rings. The lowest BCUT2D eigenvalue weighted by molar-refractivity contribution is -0.135. The van der Waals surface area contributed by atoms with Crippen molar-refractivity contribution < 1.29 is 28.5 Å². The van der Waals surface area contributed by atoms with Gasteiger partial charge in [0, 0.05) is 18.6 Å². The Labute approximate surface area is 186 Å². The van der Waals surface area contributed by atoms with Gasteiger partial charge in [-0.25, -0.2) is 4.79 Å². The Morgan fingerprint density at radius 1 is 1.06 bits per heavy atom. The van der Waals surface area contributed by atoms with E-state index in [1.54, 1.807) is 31.2 Å². The molecule has 0 radical (unpaired) electrons. The molecular formula is C23H27N3O6. The molecule has 0 saturated carbocycles. The van der Waals surface area contributed by atoms with Crippen LogP contribution in [0.2, 0.25) is 0 Å². The van der Waals surface area contributed by atoms with E-state index in [1.807, 2.05) is 30.3 Å². The predicted molar refractivity (Wildman–Crippen MR) is 119 cm³/mol. The monoisotopic (exact) mass is 441 g/mol. The maximum Gasteiger partial charge on any atom is 0.354 e. The number of anilines is 1. The quantitative estimate of drug-likeness (QED) is 0.597. The highest BCUT2D eigenvalue weighted by Crippen LogP contribution is 2.34. The highest BCUT2D eigenvalue weighted by atomic mass is 16.5. The second-order valence-electron chi connectivity index (χ2n) is 6.90. The topological polar surface area (TPSA) is 98.7 Å². The van der Waals surface area contributed by atoms with E-state index in [4.69, 9.17) is 18.9 Å². The fourth-order valence-corrected chi connectivity index (χ4v) is 3.42. The number of benzene rings is 2. The third kappa shape index (κ3) is 4.93. The van der Waals surface area contributed by atoms with Gasteiger partial charge in [0.1, 0.15) is 29.0 Å². The van der Waals surface area contributed by atoms with E-state index in [-0.39, 0.29) is 31.2 Å². The van der Waals surface area contributed by atoms with Crippen molar-refractivity contribution in [2.24, 2.45) is 5.10 Å².